The molecule has 2 aromatic rings. The number of carbonyl (C=O) groups excluding carboxylic acids is 13. The fourth-order valence-corrected chi connectivity index (χ4v) is 7.65. The van der Waals surface area contributed by atoms with E-state index in [1.165, 1.54) is 24.3 Å². The van der Waals surface area contributed by atoms with Gasteiger partial charge in [0.05, 0.1) is 45.1 Å². The molecular formula is C52H76N14O17. The molecule has 9 atom stereocenters. The van der Waals surface area contributed by atoms with Gasteiger partial charge in [0.2, 0.25) is 76.8 Å². The van der Waals surface area contributed by atoms with Crippen molar-refractivity contribution in [1.29, 1.82) is 0 Å². The number of primary amides is 3. The Balaban J connectivity index is 2.10. The van der Waals surface area contributed by atoms with Crippen LogP contribution in [0.15, 0.2) is 54.6 Å². The molecule has 0 aliphatic rings. The number of nitrogens with two attached hydrogens (primary N) is 4. The molecule has 0 saturated carbocycles. The number of hydrogen-bond donors (Lipinski definition) is 17. The second-order valence-electron chi connectivity index (χ2n) is 19.7. The molecule has 31 nitrogen and oxygen atoms in total. The van der Waals surface area contributed by atoms with Crippen molar-refractivity contribution in [3.8, 4) is 5.75 Å². The fourth-order valence-electron chi connectivity index (χ4n) is 7.65. The molecule has 0 bridgehead atoms. The number of hydrogen-bond acceptors (Lipinski definition) is 17. The average molecular weight is 1170 g/mol. The van der Waals surface area contributed by atoms with Crippen LogP contribution in [0.5, 0.6) is 5.75 Å². The maximum absolute atomic E-state index is 13.9. The van der Waals surface area contributed by atoms with E-state index in [4.69, 9.17) is 22.9 Å². The van der Waals surface area contributed by atoms with E-state index in [0.717, 1.165) is 0 Å². The van der Waals surface area contributed by atoms with Crippen LogP contribution in [-0.4, -0.2) is 173 Å². The molecule has 0 aliphatic carbocycles. The summed E-state index contributed by atoms with van der Waals surface area (Å²) >= 11 is 0. The van der Waals surface area contributed by atoms with E-state index in [1.807, 2.05) is 0 Å². The van der Waals surface area contributed by atoms with Gasteiger partial charge in [-0.2, -0.15) is 0 Å². The van der Waals surface area contributed by atoms with Crippen LogP contribution >= 0.6 is 0 Å². The molecule has 2 aromatic carbocycles. The predicted octanol–water partition coefficient (Wildman–Crippen LogP) is -6.57. The summed E-state index contributed by atoms with van der Waals surface area (Å²) in [6.45, 7) is 3.22. The number of aliphatic hydroxyl groups excluding tert-OH is 1. The van der Waals surface area contributed by atoms with Crippen molar-refractivity contribution in [3.05, 3.63) is 65.7 Å². The van der Waals surface area contributed by atoms with E-state index >= 15 is 0 Å². The Bertz CT molecular complexity index is 2620. The van der Waals surface area contributed by atoms with Gasteiger partial charge in [-0.05, 0) is 47.9 Å². The van der Waals surface area contributed by atoms with Crippen molar-refractivity contribution in [1.82, 2.24) is 53.2 Å². The third-order valence-electron chi connectivity index (χ3n) is 12.3. The molecule has 0 aliphatic heterocycles. The van der Waals surface area contributed by atoms with Crippen molar-refractivity contribution in [2.24, 2.45) is 34.8 Å². The molecule has 31 heteroatoms. The predicted molar refractivity (Wildman–Crippen MR) is 292 cm³/mol. The number of nitrogens with one attached hydrogen (secondary N) is 10. The zero-order valence-corrected chi connectivity index (χ0v) is 46.3. The van der Waals surface area contributed by atoms with E-state index in [0.29, 0.717) is 17.5 Å². The van der Waals surface area contributed by atoms with Crippen LogP contribution in [-0.2, 0) is 80.0 Å². The normalized spacial score (nSPS) is 14.1. The maximum Gasteiger partial charge on any atom is 0.326 e. The van der Waals surface area contributed by atoms with Crippen LogP contribution in [0.3, 0.4) is 0 Å². The molecule has 2 rings (SSSR count). The standard InChI is InChI=1S/C52H76N14O17/c1-5-27(4)44(51(81)65-36(52(82)83)19-28-9-7-6-8-10-28)66-49(79)33(17-26(2)3)64-48(78)35(21-40(56)71)60-43(74)24-59-46(76)32(15-16-38(54)69)62-50(80)37(25-67)61-42(73)23-57-41(72)22-58-47(77)34(18-29-11-13-30(68)14-12-29)63-45(75)31(53)20-39(55)70/h6-14,26-27,31-37,44,67-68H,5,15-25,53H2,1-4H3,(H2,54,69)(H2,55,70)(H2,56,71)(H,57,72)(H,58,77)(H,59,76)(H,60,74)(H,61,73)(H,62,80)(H,63,75)(H,64,78)(H,65,81)(H,66,79)(H,82,83)/t27-,31-,32-,33-,34-,35-,36-,37-,44-/m0/s1. The molecule has 456 valence electrons. The third kappa shape index (κ3) is 26.7. The van der Waals surface area contributed by atoms with Crippen LogP contribution in [0.1, 0.15) is 77.3 Å². The van der Waals surface area contributed by atoms with Crippen LogP contribution < -0.4 is 76.1 Å². The lowest BCUT2D eigenvalue weighted by molar-refractivity contribution is -0.142. The summed E-state index contributed by atoms with van der Waals surface area (Å²) in [5.74, 6) is -15.1. The number of benzene rings is 2. The largest absolute Gasteiger partial charge is 0.508 e. The molecule has 0 heterocycles. The monoisotopic (exact) mass is 1170 g/mol. The number of phenolic OH excluding ortho intramolecular Hbond substituents is 1. The maximum atomic E-state index is 13.9. The summed E-state index contributed by atoms with van der Waals surface area (Å²) in [5.41, 5.74) is 22.6. The Labute approximate surface area is 477 Å². The highest BCUT2D eigenvalue weighted by molar-refractivity contribution is 5.99. The highest BCUT2D eigenvalue weighted by Crippen LogP contribution is 2.14. The van der Waals surface area contributed by atoms with Crippen LogP contribution in [0, 0.1) is 11.8 Å². The lowest BCUT2D eigenvalue weighted by Crippen LogP contribution is -2.60. The SMILES string of the molecule is CC[C@H](C)[C@H](NC(=O)[C@H](CC(C)C)NC(=O)[C@H](CC(N)=O)NC(=O)CNC(=O)[C@H](CCC(N)=O)NC(=O)[C@H](CO)NC(=O)CNC(=O)CNC(=O)[C@H](Cc1ccc(O)cc1)NC(=O)[C@@H](N)CC(N)=O)C(=O)N[C@@H](Cc1ccccc1)C(=O)O. The summed E-state index contributed by atoms with van der Waals surface area (Å²) in [4.78, 5) is 180. The topological polar surface area (TPSA) is 524 Å². The molecule has 0 saturated heterocycles. The summed E-state index contributed by atoms with van der Waals surface area (Å²) in [7, 11) is 0. The Morgan fingerprint density at radius 2 is 0.976 bits per heavy atom. The van der Waals surface area contributed by atoms with Gasteiger partial charge in [0, 0.05) is 19.3 Å². The first-order chi connectivity index (χ1) is 39.0. The van der Waals surface area contributed by atoms with Gasteiger partial charge in [0.15, 0.2) is 0 Å². The number of phenols is 1. The van der Waals surface area contributed by atoms with Gasteiger partial charge in [-0.3, -0.25) is 62.3 Å². The van der Waals surface area contributed by atoms with Crippen molar-refractivity contribution in [2.75, 3.05) is 26.2 Å². The molecule has 21 N–H and O–H groups in total. The molecule has 0 spiro atoms. The molecule has 13 amide bonds. The highest BCUT2D eigenvalue weighted by atomic mass is 16.4. The van der Waals surface area contributed by atoms with E-state index in [2.05, 4.69) is 53.2 Å². The highest BCUT2D eigenvalue weighted by Gasteiger charge is 2.35. The Morgan fingerprint density at radius 1 is 0.494 bits per heavy atom. The van der Waals surface area contributed by atoms with E-state index < -0.39 is 189 Å². The number of amides is 13. The first-order valence-electron chi connectivity index (χ1n) is 26.2. The van der Waals surface area contributed by atoms with Crippen molar-refractivity contribution < 1.29 is 82.4 Å². The Hall–Kier alpha value is -9.26. The van der Waals surface area contributed by atoms with Crippen LogP contribution in [0.25, 0.3) is 0 Å². The van der Waals surface area contributed by atoms with Gasteiger partial charge in [-0.1, -0.05) is 76.6 Å². The quantitative estimate of drug-likeness (QED) is 0.0299. The molecule has 0 aromatic heterocycles. The fraction of sp³-hybridized carbons (Fsp3) is 0.500. The number of carboxylic acids is 1. The number of carbonyl (C=O) groups is 14. The molecule has 0 unspecified atom stereocenters. The second-order valence-corrected chi connectivity index (χ2v) is 19.7. The minimum atomic E-state index is -1.79. The first-order valence-corrected chi connectivity index (χ1v) is 26.2. The van der Waals surface area contributed by atoms with Gasteiger partial charge >= 0.3 is 5.97 Å². The lowest BCUT2D eigenvalue weighted by Gasteiger charge is -2.29. The summed E-state index contributed by atoms with van der Waals surface area (Å²) < 4.78 is 0. The minimum Gasteiger partial charge on any atom is -0.508 e. The Kier molecular flexibility index (Phi) is 29.8. The first kappa shape index (κ1) is 69.8. The zero-order valence-electron chi connectivity index (χ0n) is 46.3. The average Bonchev–Trinajstić information content (AvgIpc) is 3.47. The molecule has 0 radical (unpaired) electrons. The van der Waals surface area contributed by atoms with Gasteiger partial charge < -0.3 is 91.4 Å². The number of aliphatic carboxylic acids is 1. The molecule has 0 fully saturated rings. The third-order valence-corrected chi connectivity index (χ3v) is 12.3. The lowest BCUT2D eigenvalue weighted by atomic mass is 9.96. The minimum absolute atomic E-state index is 0.0293. The smallest absolute Gasteiger partial charge is 0.326 e. The van der Waals surface area contributed by atoms with E-state index in [-0.39, 0.29) is 30.9 Å². The van der Waals surface area contributed by atoms with Crippen molar-refractivity contribution in [3.63, 3.8) is 0 Å². The number of aromatic hydroxyl groups is 1. The van der Waals surface area contributed by atoms with Crippen LogP contribution in [0.2, 0.25) is 0 Å². The molecular weight excluding hydrogens is 1090 g/mol. The van der Waals surface area contributed by atoms with Gasteiger partial charge in [0.25, 0.3) is 0 Å². The second kappa shape index (κ2) is 35.5. The van der Waals surface area contributed by atoms with E-state index in [1.54, 1.807) is 58.0 Å². The summed E-state index contributed by atoms with van der Waals surface area (Å²) in [6.07, 6.45) is -2.25. The summed E-state index contributed by atoms with van der Waals surface area (Å²) in [5, 5.41) is 52.6. The van der Waals surface area contributed by atoms with Crippen molar-refractivity contribution in [2.45, 2.75) is 127 Å². The number of carboxylic acid groups (broad SMARTS) is 1. The number of rotatable bonds is 37. The van der Waals surface area contributed by atoms with Gasteiger partial charge in [-0.25, -0.2) is 4.79 Å². The van der Waals surface area contributed by atoms with Gasteiger partial charge in [0.1, 0.15) is 48.0 Å². The summed E-state index contributed by atoms with van der Waals surface area (Å²) in [6, 6.07) is 2.06. The number of aliphatic hydroxyl groups is 1. The van der Waals surface area contributed by atoms with Gasteiger partial charge in [-0.15, -0.1) is 0 Å². The Morgan fingerprint density at radius 3 is 1.52 bits per heavy atom. The van der Waals surface area contributed by atoms with Crippen molar-refractivity contribution >= 4 is 82.8 Å². The molecule has 83 heavy (non-hydrogen) atoms. The zero-order chi connectivity index (χ0) is 62.5. The van der Waals surface area contributed by atoms with E-state index in [9.17, 15) is 82.4 Å². The van der Waals surface area contributed by atoms with Crippen LogP contribution in [0.4, 0.5) is 0 Å².